The van der Waals surface area contributed by atoms with Crippen molar-refractivity contribution in [3.8, 4) is 0 Å². The Morgan fingerprint density at radius 1 is 0.892 bits per heavy atom. The van der Waals surface area contributed by atoms with Gasteiger partial charge in [0.15, 0.2) is 0 Å². The van der Waals surface area contributed by atoms with Crippen LogP contribution < -0.4 is 33.2 Å². The number of carbonyl (C=O) groups excluding carboxylic acids is 3. The quantitative estimate of drug-likeness (QED) is 0.127. The Hall–Kier alpha value is -3.48. The molecule has 0 radical (unpaired) electrons. The maximum atomic E-state index is 13.1. The smallest absolute Gasteiger partial charge is 0.326 e. The number of aromatic amines is 1. The van der Waals surface area contributed by atoms with Gasteiger partial charge in [-0.1, -0.05) is 24.6 Å². The van der Waals surface area contributed by atoms with Gasteiger partial charge in [-0.25, -0.2) is 4.79 Å². The van der Waals surface area contributed by atoms with Gasteiger partial charge in [0.1, 0.15) is 12.1 Å². The van der Waals surface area contributed by atoms with E-state index in [-0.39, 0.29) is 12.8 Å². The Balaban J connectivity index is 2.05. The third-order valence-electron chi connectivity index (χ3n) is 6.04. The van der Waals surface area contributed by atoms with Crippen molar-refractivity contribution in [2.45, 2.75) is 63.1 Å². The number of amides is 3. The first kappa shape index (κ1) is 29.7. The van der Waals surface area contributed by atoms with E-state index in [0.29, 0.717) is 38.8 Å². The van der Waals surface area contributed by atoms with Crippen LogP contribution in [0.25, 0.3) is 10.9 Å². The van der Waals surface area contributed by atoms with E-state index in [9.17, 15) is 24.3 Å². The molecule has 0 bridgehead atoms. The summed E-state index contributed by atoms with van der Waals surface area (Å²) in [6.07, 6.45) is 5.18. The Kier molecular flexibility index (Phi) is 12.5. The Morgan fingerprint density at radius 2 is 1.57 bits per heavy atom. The maximum Gasteiger partial charge on any atom is 0.326 e. The highest BCUT2D eigenvalue weighted by Crippen LogP contribution is 2.19. The van der Waals surface area contributed by atoms with Crippen LogP contribution >= 0.6 is 0 Å². The minimum atomic E-state index is -1.16. The van der Waals surface area contributed by atoms with Crippen LogP contribution in [0.15, 0.2) is 30.5 Å². The first-order valence-electron chi connectivity index (χ1n) is 12.6. The predicted molar refractivity (Wildman–Crippen MR) is 140 cm³/mol. The van der Waals surface area contributed by atoms with Gasteiger partial charge in [-0.2, -0.15) is 0 Å². The van der Waals surface area contributed by atoms with E-state index in [1.165, 1.54) is 0 Å². The zero-order valence-corrected chi connectivity index (χ0v) is 21.0. The minimum absolute atomic E-state index is 0.162. The summed E-state index contributed by atoms with van der Waals surface area (Å²) in [5.41, 5.74) is 18.6. The van der Waals surface area contributed by atoms with E-state index in [0.717, 1.165) is 22.9 Å². The first-order chi connectivity index (χ1) is 17.8. The SMILES string of the molecule is NCCCCC(N)C(=O)NC(Cc1c[nH]c2ccccc12)C(=O)NCC(=O)NC(CCCCN)C(=O)O. The van der Waals surface area contributed by atoms with E-state index in [4.69, 9.17) is 17.2 Å². The second kappa shape index (κ2) is 15.6. The summed E-state index contributed by atoms with van der Waals surface area (Å²) < 4.78 is 0. The van der Waals surface area contributed by atoms with Crippen molar-refractivity contribution in [3.63, 3.8) is 0 Å². The molecule has 0 spiro atoms. The lowest BCUT2D eigenvalue weighted by molar-refractivity contribution is -0.142. The Labute approximate surface area is 216 Å². The number of carbonyl (C=O) groups is 4. The van der Waals surface area contributed by atoms with Crippen LogP contribution in [0.4, 0.5) is 0 Å². The molecule has 0 aliphatic carbocycles. The Bertz CT molecular complexity index is 1040. The molecule has 2 aromatic rings. The molecule has 1 heterocycles. The fourth-order valence-electron chi connectivity index (χ4n) is 3.93. The number of rotatable bonds is 17. The molecule has 1 aromatic carbocycles. The number of carboxylic acid groups (broad SMARTS) is 1. The number of aliphatic carboxylic acids is 1. The summed E-state index contributed by atoms with van der Waals surface area (Å²) >= 11 is 0. The number of nitrogens with one attached hydrogen (secondary N) is 4. The number of carboxylic acids is 1. The van der Waals surface area contributed by atoms with Gasteiger partial charge in [0.2, 0.25) is 17.7 Å². The summed E-state index contributed by atoms with van der Waals surface area (Å²) in [7, 11) is 0. The van der Waals surface area contributed by atoms with Crippen molar-refractivity contribution in [2.24, 2.45) is 17.2 Å². The summed E-state index contributed by atoms with van der Waals surface area (Å²) in [5.74, 6) is -2.88. The topological polar surface area (TPSA) is 218 Å². The number of hydrogen-bond acceptors (Lipinski definition) is 7. The van der Waals surface area contributed by atoms with Gasteiger partial charge in [0.05, 0.1) is 12.6 Å². The molecular formula is C25H39N7O5. The number of hydrogen-bond donors (Lipinski definition) is 8. The summed E-state index contributed by atoms with van der Waals surface area (Å²) in [6, 6.07) is 4.67. The largest absolute Gasteiger partial charge is 0.480 e. The number of nitrogens with two attached hydrogens (primary N) is 3. The van der Waals surface area contributed by atoms with Crippen molar-refractivity contribution in [1.29, 1.82) is 0 Å². The number of benzene rings is 1. The highest BCUT2D eigenvalue weighted by molar-refractivity contribution is 5.93. The summed E-state index contributed by atoms with van der Waals surface area (Å²) in [6.45, 7) is 0.483. The lowest BCUT2D eigenvalue weighted by Crippen LogP contribution is -2.54. The van der Waals surface area contributed by atoms with Gasteiger partial charge in [-0.05, 0) is 56.8 Å². The van der Waals surface area contributed by atoms with Crippen molar-refractivity contribution in [1.82, 2.24) is 20.9 Å². The van der Waals surface area contributed by atoms with E-state index in [2.05, 4.69) is 20.9 Å². The molecule has 0 aliphatic rings. The molecule has 0 saturated heterocycles. The Morgan fingerprint density at radius 3 is 2.24 bits per heavy atom. The monoisotopic (exact) mass is 517 g/mol. The van der Waals surface area contributed by atoms with Gasteiger partial charge >= 0.3 is 5.97 Å². The fraction of sp³-hybridized carbons (Fsp3) is 0.520. The molecule has 3 unspecified atom stereocenters. The van der Waals surface area contributed by atoms with Crippen LogP contribution in [0.1, 0.15) is 44.1 Å². The highest BCUT2D eigenvalue weighted by Gasteiger charge is 2.26. The molecule has 37 heavy (non-hydrogen) atoms. The number of H-pyrrole nitrogens is 1. The molecule has 12 nitrogen and oxygen atoms in total. The lowest BCUT2D eigenvalue weighted by Gasteiger charge is -2.21. The van der Waals surface area contributed by atoms with Crippen LogP contribution in [0.3, 0.4) is 0 Å². The third kappa shape index (κ3) is 9.83. The van der Waals surface area contributed by atoms with Crippen LogP contribution in [0.2, 0.25) is 0 Å². The molecular weight excluding hydrogens is 478 g/mol. The van der Waals surface area contributed by atoms with Crippen LogP contribution in [-0.2, 0) is 25.6 Å². The molecule has 0 saturated carbocycles. The van der Waals surface area contributed by atoms with E-state index in [1.54, 1.807) is 6.20 Å². The zero-order chi connectivity index (χ0) is 27.2. The molecule has 2 rings (SSSR count). The van der Waals surface area contributed by atoms with Crippen LogP contribution in [0, 0.1) is 0 Å². The lowest BCUT2D eigenvalue weighted by atomic mass is 10.0. The van der Waals surface area contributed by atoms with Crippen molar-refractivity contribution >= 4 is 34.6 Å². The van der Waals surface area contributed by atoms with Crippen LogP contribution in [-0.4, -0.2) is 71.5 Å². The highest BCUT2D eigenvalue weighted by atomic mass is 16.4. The van der Waals surface area contributed by atoms with Gasteiger partial charge in [-0.3, -0.25) is 14.4 Å². The second-order valence-corrected chi connectivity index (χ2v) is 8.98. The van der Waals surface area contributed by atoms with Gasteiger partial charge in [0.25, 0.3) is 0 Å². The van der Waals surface area contributed by atoms with E-state index >= 15 is 0 Å². The summed E-state index contributed by atoms with van der Waals surface area (Å²) in [4.78, 5) is 52.7. The fourth-order valence-corrected chi connectivity index (χ4v) is 3.93. The predicted octanol–water partition coefficient (Wildman–Crippen LogP) is -0.534. The minimum Gasteiger partial charge on any atom is -0.480 e. The average Bonchev–Trinajstić information content (AvgIpc) is 3.29. The normalized spacial score (nSPS) is 13.5. The number of fused-ring (bicyclic) bond motifs is 1. The van der Waals surface area contributed by atoms with E-state index in [1.807, 2.05) is 24.3 Å². The summed E-state index contributed by atoms with van der Waals surface area (Å²) in [5, 5.41) is 17.9. The van der Waals surface area contributed by atoms with Crippen molar-refractivity contribution in [2.75, 3.05) is 19.6 Å². The van der Waals surface area contributed by atoms with Gasteiger partial charge < -0.3 is 43.2 Å². The first-order valence-corrected chi connectivity index (χ1v) is 12.6. The average molecular weight is 518 g/mol. The van der Waals surface area contributed by atoms with Crippen LogP contribution in [0.5, 0.6) is 0 Å². The second-order valence-electron chi connectivity index (χ2n) is 8.98. The molecule has 0 aliphatic heterocycles. The van der Waals surface area contributed by atoms with E-state index < -0.39 is 48.4 Å². The standard InChI is InChI=1S/C25H39N7O5/c26-11-5-3-8-18(28)23(34)32-21(13-16-14-29-19-9-2-1-7-17(16)19)24(35)30-15-22(33)31-20(25(36)37)10-4-6-12-27/h1-2,7,9,14,18,20-21,29H,3-6,8,10-13,15,26-28H2,(H,30,35)(H,31,33)(H,32,34)(H,36,37). The number of unbranched alkanes of at least 4 members (excludes halogenated alkanes) is 2. The molecule has 1 aromatic heterocycles. The van der Waals surface area contributed by atoms with Gasteiger partial charge in [-0.15, -0.1) is 0 Å². The molecule has 12 heteroatoms. The molecule has 204 valence electrons. The van der Waals surface area contributed by atoms with Gasteiger partial charge in [0, 0.05) is 23.5 Å². The third-order valence-corrected chi connectivity index (χ3v) is 6.04. The molecule has 3 atom stereocenters. The van der Waals surface area contributed by atoms with Crippen molar-refractivity contribution < 1.29 is 24.3 Å². The maximum absolute atomic E-state index is 13.1. The molecule has 11 N–H and O–H groups in total. The molecule has 3 amide bonds. The zero-order valence-electron chi connectivity index (χ0n) is 21.0. The molecule has 0 fully saturated rings. The number of para-hydroxylation sites is 1. The van der Waals surface area contributed by atoms with Crippen molar-refractivity contribution in [3.05, 3.63) is 36.0 Å². The number of aromatic nitrogens is 1.